The Morgan fingerprint density at radius 3 is 2.92 bits per heavy atom. The number of amides is 1. The van der Waals surface area contributed by atoms with E-state index in [2.05, 4.69) is 15.2 Å². The zero-order chi connectivity index (χ0) is 16.7. The highest BCUT2D eigenvalue weighted by molar-refractivity contribution is 5.93. The summed E-state index contributed by atoms with van der Waals surface area (Å²) in [5, 5.41) is 7.20. The maximum absolute atomic E-state index is 13.1. The van der Waals surface area contributed by atoms with Crippen LogP contribution in [0, 0.1) is 13.8 Å². The summed E-state index contributed by atoms with van der Waals surface area (Å²) in [4.78, 5) is 19.5. The first-order valence-corrected chi connectivity index (χ1v) is 8.39. The normalized spacial score (nSPS) is 18.2. The van der Waals surface area contributed by atoms with Crippen molar-refractivity contribution in [2.75, 3.05) is 6.54 Å². The Labute approximate surface area is 140 Å². The van der Waals surface area contributed by atoms with Gasteiger partial charge in [0.2, 0.25) is 0 Å². The van der Waals surface area contributed by atoms with Crippen LogP contribution in [-0.2, 0) is 0 Å². The van der Waals surface area contributed by atoms with E-state index in [0.29, 0.717) is 5.69 Å². The number of fused-ring (bicyclic) bond motifs is 1. The molecule has 3 aromatic heterocycles. The fraction of sp³-hybridized carbons (Fsp3) is 0.389. The van der Waals surface area contributed by atoms with Gasteiger partial charge in [-0.05, 0) is 50.3 Å². The Hall–Kier alpha value is -2.63. The maximum atomic E-state index is 13.1. The number of aromatic amines is 1. The van der Waals surface area contributed by atoms with Crippen LogP contribution in [-0.4, -0.2) is 36.9 Å². The average molecular weight is 323 g/mol. The molecule has 1 unspecified atom stereocenters. The molecule has 6 nitrogen and oxygen atoms in total. The van der Waals surface area contributed by atoms with Gasteiger partial charge in [0.25, 0.3) is 5.91 Å². The van der Waals surface area contributed by atoms with Crippen LogP contribution in [0.2, 0.25) is 0 Å². The Morgan fingerprint density at radius 2 is 2.12 bits per heavy atom. The number of carbonyl (C=O) groups is 1. The molecule has 0 saturated carbocycles. The number of H-pyrrole nitrogens is 1. The van der Waals surface area contributed by atoms with E-state index in [4.69, 9.17) is 0 Å². The van der Waals surface area contributed by atoms with Crippen LogP contribution in [0.25, 0.3) is 5.65 Å². The number of imidazole rings is 1. The molecule has 1 aliphatic rings. The quantitative estimate of drug-likeness (QED) is 0.788. The number of nitrogens with one attached hydrogen (secondary N) is 1. The molecule has 1 aliphatic heterocycles. The Bertz CT molecular complexity index is 894. The monoisotopic (exact) mass is 323 g/mol. The van der Waals surface area contributed by atoms with E-state index in [0.717, 1.165) is 48.3 Å². The summed E-state index contributed by atoms with van der Waals surface area (Å²) in [6, 6.07) is 4.01. The van der Waals surface area contributed by atoms with Crippen molar-refractivity contribution < 1.29 is 4.79 Å². The smallest absolute Gasteiger partial charge is 0.274 e. The first-order chi connectivity index (χ1) is 11.6. The minimum Gasteiger partial charge on any atom is -0.329 e. The lowest BCUT2D eigenvalue weighted by molar-refractivity contribution is 0.0600. The lowest BCUT2D eigenvalue weighted by atomic mass is 9.97. The van der Waals surface area contributed by atoms with Crippen molar-refractivity contribution in [1.29, 1.82) is 0 Å². The van der Waals surface area contributed by atoms with E-state index in [1.54, 1.807) is 0 Å². The number of pyridine rings is 1. The molecule has 1 saturated heterocycles. The second-order valence-electron chi connectivity index (χ2n) is 6.57. The molecule has 1 fully saturated rings. The van der Waals surface area contributed by atoms with Crippen LogP contribution in [0.1, 0.15) is 52.6 Å². The van der Waals surface area contributed by atoms with Gasteiger partial charge >= 0.3 is 0 Å². The molecule has 24 heavy (non-hydrogen) atoms. The Kier molecular flexibility index (Phi) is 3.59. The maximum Gasteiger partial charge on any atom is 0.274 e. The third-order valence-corrected chi connectivity index (χ3v) is 4.78. The van der Waals surface area contributed by atoms with Crippen molar-refractivity contribution in [2.24, 2.45) is 0 Å². The van der Waals surface area contributed by atoms with Crippen molar-refractivity contribution in [3.8, 4) is 0 Å². The van der Waals surface area contributed by atoms with E-state index in [-0.39, 0.29) is 11.9 Å². The van der Waals surface area contributed by atoms with E-state index >= 15 is 0 Å². The third kappa shape index (κ3) is 2.48. The second-order valence-corrected chi connectivity index (χ2v) is 6.57. The predicted molar refractivity (Wildman–Crippen MR) is 90.9 cm³/mol. The van der Waals surface area contributed by atoms with E-state index in [9.17, 15) is 4.79 Å². The van der Waals surface area contributed by atoms with Crippen LogP contribution in [0.5, 0.6) is 0 Å². The van der Waals surface area contributed by atoms with E-state index in [1.165, 1.54) is 0 Å². The summed E-state index contributed by atoms with van der Waals surface area (Å²) in [7, 11) is 0. The van der Waals surface area contributed by atoms with Crippen molar-refractivity contribution in [3.05, 3.63) is 53.2 Å². The van der Waals surface area contributed by atoms with Gasteiger partial charge in [0.1, 0.15) is 11.3 Å². The molecule has 0 aliphatic carbocycles. The van der Waals surface area contributed by atoms with E-state index < -0.39 is 0 Å². The molecule has 3 aromatic rings. The summed E-state index contributed by atoms with van der Waals surface area (Å²) < 4.78 is 1.92. The lowest BCUT2D eigenvalue weighted by Gasteiger charge is -2.35. The van der Waals surface area contributed by atoms with Crippen molar-refractivity contribution in [3.63, 3.8) is 0 Å². The lowest BCUT2D eigenvalue weighted by Crippen LogP contribution is -2.39. The zero-order valence-electron chi connectivity index (χ0n) is 14.0. The number of aromatic nitrogens is 4. The van der Waals surface area contributed by atoms with Crippen LogP contribution in [0.4, 0.5) is 0 Å². The topological polar surface area (TPSA) is 66.3 Å². The summed E-state index contributed by atoms with van der Waals surface area (Å²) in [5.41, 5.74) is 4.59. The summed E-state index contributed by atoms with van der Waals surface area (Å²) >= 11 is 0. The van der Waals surface area contributed by atoms with Crippen LogP contribution >= 0.6 is 0 Å². The number of hydrogen-bond donors (Lipinski definition) is 1. The summed E-state index contributed by atoms with van der Waals surface area (Å²) in [6.07, 6.45) is 8.75. The number of aryl methyl sites for hydroxylation is 2. The Balaban J connectivity index is 1.69. The number of carbonyl (C=O) groups excluding carboxylic acids is 1. The average Bonchev–Trinajstić information content (AvgIpc) is 3.19. The van der Waals surface area contributed by atoms with Gasteiger partial charge in [-0.3, -0.25) is 9.89 Å². The molecule has 1 N–H and O–H groups in total. The molecule has 6 heteroatoms. The SMILES string of the molecule is Cc1ccc2nc(C(=O)N3CCCCC3c3[nH]ncc3C)cn2c1. The largest absolute Gasteiger partial charge is 0.329 e. The van der Waals surface area contributed by atoms with Crippen molar-refractivity contribution in [1.82, 2.24) is 24.5 Å². The number of nitrogens with zero attached hydrogens (tertiary/aromatic N) is 4. The molecule has 0 aromatic carbocycles. The molecule has 4 heterocycles. The molecule has 0 radical (unpaired) electrons. The fourth-order valence-corrected chi connectivity index (χ4v) is 3.52. The number of piperidine rings is 1. The molecule has 1 atom stereocenters. The summed E-state index contributed by atoms with van der Waals surface area (Å²) in [5.74, 6) is -0.00458. The highest BCUT2D eigenvalue weighted by atomic mass is 16.2. The number of likely N-dealkylation sites (tertiary alicyclic amines) is 1. The first-order valence-electron chi connectivity index (χ1n) is 8.39. The number of rotatable bonds is 2. The number of hydrogen-bond acceptors (Lipinski definition) is 3. The van der Waals surface area contributed by atoms with Crippen molar-refractivity contribution >= 4 is 11.6 Å². The van der Waals surface area contributed by atoms with Crippen LogP contribution in [0.3, 0.4) is 0 Å². The first kappa shape index (κ1) is 14.9. The molecule has 0 bridgehead atoms. The van der Waals surface area contributed by atoms with Gasteiger partial charge in [0.15, 0.2) is 0 Å². The molecular weight excluding hydrogens is 302 g/mol. The molecule has 0 spiro atoms. The minimum absolute atomic E-state index is 0.00458. The van der Waals surface area contributed by atoms with Gasteiger partial charge in [-0.1, -0.05) is 6.07 Å². The zero-order valence-corrected chi connectivity index (χ0v) is 14.0. The second kappa shape index (κ2) is 5.78. The van der Waals surface area contributed by atoms with Gasteiger partial charge in [-0.25, -0.2) is 4.98 Å². The molecule has 1 amide bonds. The molecule has 124 valence electrons. The standard InChI is InChI=1S/C18H21N5O/c1-12-6-7-16-20-14(11-22(16)10-12)18(24)23-8-4-3-5-15(23)17-13(2)9-19-21-17/h6-7,9-11,15H,3-5,8H2,1-2H3,(H,19,21). The highest BCUT2D eigenvalue weighted by Crippen LogP contribution is 2.32. The predicted octanol–water partition coefficient (Wildman–Crippen LogP) is 3.04. The third-order valence-electron chi connectivity index (χ3n) is 4.78. The fourth-order valence-electron chi connectivity index (χ4n) is 3.52. The van der Waals surface area contributed by atoms with Crippen LogP contribution < -0.4 is 0 Å². The molecule has 4 rings (SSSR count). The van der Waals surface area contributed by atoms with Gasteiger partial charge in [0, 0.05) is 18.9 Å². The summed E-state index contributed by atoms with van der Waals surface area (Å²) in [6.45, 7) is 4.82. The Morgan fingerprint density at radius 1 is 1.25 bits per heavy atom. The van der Waals surface area contributed by atoms with Gasteiger partial charge in [-0.15, -0.1) is 0 Å². The highest BCUT2D eigenvalue weighted by Gasteiger charge is 2.31. The minimum atomic E-state index is -0.00458. The molecular formula is C18H21N5O. The van der Waals surface area contributed by atoms with Crippen LogP contribution in [0.15, 0.2) is 30.7 Å². The van der Waals surface area contributed by atoms with Gasteiger partial charge in [0.05, 0.1) is 17.9 Å². The van der Waals surface area contributed by atoms with Gasteiger partial charge in [-0.2, -0.15) is 5.10 Å². The van der Waals surface area contributed by atoms with Crippen molar-refractivity contribution in [2.45, 2.75) is 39.2 Å². The van der Waals surface area contributed by atoms with Gasteiger partial charge < -0.3 is 9.30 Å². The van der Waals surface area contributed by atoms with E-state index in [1.807, 2.05) is 53.9 Å².